The zero-order chi connectivity index (χ0) is 13.1. The SMILES string of the molecule is CC(NC(=O)c1nc(N)ccc1Cl)c1cn[nH]c1. The molecule has 2 aromatic rings. The van der Waals surface area contributed by atoms with E-state index in [0.717, 1.165) is 5.56 Å². The average Bonchev–Trinajstić information content (AvgIpc) is 2.85. The van der Waals surface area contributed by atoms with E-state index in [0.29, 0.717) is 0 Å². The van der Waals surface area contributed by atoms with Gasteiger partial charge in [-0.2, -0.15) is 5.10 Å². The number of hydrogen-bond acceptors (Lipinski definition) is 4. The Labute approximate surface area is 109 Å². The van der Waals surface area contributed by atoms with E-state index in [1.54, 1.807) is 24.5 Å². The van der Waals surface area contributed by atoms with Crippen LogP contribution in [0.5, 0.6) is 0 Å². The van der Waals surface area contributed by atoms with E-state index in [1.807, 2.05) is 6.92 Å². The Morgan fingerprint density at radius 3 is 3.00 bits per heavy atom. The molecule has 1 amide bonds. The van der Waals surface area contributed by atoms with Crippen LogP contribution in [0.3, 0.4) is 0 Å². The zero-order valence-corrected chi connectivity index (χ0v) is 10.4. The number of nitrogens with one attached hydrogen (secondary N) is 2. The third-order valence-electron chi connectivity index (χ3n) is 2.45. The predicted molar refractivity (Wildman–Crippen MR) is 68.1 cm³/mol. The number of H-pyrrole nitrogens is 1. The number of pyridine rings is 1. The van der Waals surface area contributed by atoms with Crippen LogP contribution in [0.1, 0.15) is 29.0 Å². The Morgan fingerprint density at radius 1 is 1.56 bits per heavy atom. The highest BCUT2D eigenvalue weighted by Gasteiger charge is 2.16. The summed E-state index contributed by atoms with van der Waals surface area (Å²) in [5.41, 5.74) is 6.51. The molecule has 2 rings (SSSR count). The van der Waals surface area contributed by atoms with E-state index in [9.17, 15) is 4.79 Å². The number of rotatable bonds is 3. The second-order valence-electron chi connectivity index (χ2n) is 3.79. The summed E-state index contributed by atoms with van der Waals surface area (Å²) in [5.74, 6) is -0.124. The van der Waals surface area contributed by atoms with Crippen molar-refractivity contribution < 1.29 is 4.79 Å². The van der Waals surface area contributed by atoms with Gasteiger partial charge in [0.25, 0.3) is 5.91 Å². The largest absolute Gasteiger partial charge is 0.384 e. The number of nitrogens with zero attached hydrogens (tertiary/aromatic N) is 2. The lowest BCUT2D eigenvalue weighted by atomic mass is 10.2. The van der Waals surface area contributed by atoms with Gasteiger partial charge in [-0.25, -0.2) is 4.98 Å². The lowest BCUT2D eigenvalue weighted by Crippen LogP contribution is -2.27. The van der Waals surface area contributed by atoms with Crippen LogP contribution in [-0.4, -0.2) is 21.1 Å². The van der Waals surface area contributed by atoms with Gasteiger partial charge in [-0.15, -0.1) is 0 Å². The van der Waals surface area contributed by atoms with Crippen LogP contribution >= 0.6 is 11.6 Å². The number of carbonyl (C=O) groups is 1. The number of hydrogen-bond donors (Lipinski definition) is 3. The van der Waals surface area contributed by atoms with Gasteiger partial charge in [0.2, 0.25) is 0 Å². The van der Waals surface area contributed by atoms with Crippen molar-refractivity contribution >= 4 is 23.3 Å². The fraction of sp³-hybridized carbons (Fsp3) is 0.182. The van der Waals surface area contributed by atoms with Crippen LogP contribution < -0.4 is 11.1 Å². The Kier molecular flexibility index (Phi) is 3.47. The van der Waals surface area contributed by atoms with Crippen molar-refractivity contribution in [2.45, 2.75) is 13.0 Å². The summed E-state index contributed by atoms with van der Waals surface area (Å²) in [6, 6.07) is 2.88. The van der Waals surface area contributed by atoms with Gasteiger partial charge in [-0.05, 0) is 19.1 Å². The van der Waals surface area contributed by atoms with Crippen molar-refractivity contribution in [3.8, 4) is 0 Å². The first kappa shape index (κ1) is 12.4. The molecule has 6 nitrogen and oxygen atoms in total. The molecule has 0 aliphatic rings. The molecule has 0 aromatic carbocycles. The normalized spacial score (nSPS) is 12.1. The zero-order valence-electron chi connectivity index (χ0n) is 9.64. The molecule has 0 bridgehead atoms. The quantitative estimate of drug-likeness (QED) is 0.784. The van der Waals surface area contributed by atoms with Gasteiger partial charge in [0.1, 0.15) is 11.5 Å². The molecular weight excluding hydrogens is 254 g/mol. The van der Waals surface area contributed by atoms with Gasteiger partial charge in [0, 0.05) is 11.8 Å². The third-order valence-corrected chi connectivity index (χ3v) is 2.75. The molecule has 1 atom stereocenters. The average molecular weight is 266 g/mol. The van der Waals surface area contributed by atoms with Gasteiger partial charge in [-0.3, -0.25) is 9.89 Å². The van der Waals surface area contributed by atoms with E-state index in [4.69, 9.17) is 17.3 Å². The molecule has 94 valence electrons. The molecule has 18 heavy (non-hydrogen) atoms. The third kappa shape index (κ3) is 2.60. The smallest absolute Gasteiger partial charge is 0.271 e. The second-order valence-corrected chi connectivity index (χ2v) is 4.20. The van der Waals surface area contributed by atoms with E-state index in [-0.39, 0.29) is 28.5 Å². The molecule has 0 spiro atoms. The number of nitrogen functional groups attached to an aromatic ring is 1. The number of halogens is 1. The van der Waals surface area contributed by atoms with E-state index >= 15 is 0 Å². The first-order chi connectivity index (χ1) is 8.58. The molecule has 0 aliphatic heterocycles. The minimum Gasteiger partial charge on any atom is -0.384 e. The van der Waals surface area contributed by atoms with Gasteiger partial charge < -0.3 is 11.1 Å². The number of nitrogens with two attached hydrogens (primary N) is 1. The number of anilines is 1. The molecule has 2 aromatic heterocycles. The van der Waals surface area contributed by atoms with Crippen LogP contribution in [0.4, 0.5) is 5.82 Å². The van der Waals surface area contributed by atoms with Crippen molar-refractivity contribution in [1.29, 1.82) is 0 Å². The Balaban J connectivity index is 2.15. The molecule has 7 heteroatoms. The van der Waals surface area contributed by atoms with Gasteiger partial charge in [0.05, 0.1) is 17.3 Å². The minimum absolute atomic E-state index is 0.118. The summed E-state index contributed by atoms with van der Waals surface area (Å²) in [6.45, 7) is 1.84. The van der Waals surface area contributed by atoms with Gasteiger partial charge in [0.15, 0.2) is 0 Å². The summed E-state index contributed by atoms with van der Waals surface area (Å²) >= 11 is 5.90. The van der Waals surface area contributed by atoms with Crippen molar-refractivity contribution in [1.82, 2.24) is 20.5 Å². The Morgan fingerprint density at radius 2 is 2.33 bits per heavy atom. The first-order valence-electron chi connectivity index (χ1n) is 5.29. The highest BCUT2D eigenvalue weighted by atomic mass is 35.5. The lowest BCUT2D eigenvalue weighted by molar-refractivity contribution is 0.0935. The Bertz CT molecular complexity index is 555. The molecule has 0 saturated carbocycles. The predicted octanol–water partition coefficient (Wildman–Crippen LogP) is 1.53. The number of amides is 1. The van der Waals surface area contributed by atoms with Crippen LogP contribution in [0, 0.1) is 0 Å². The molecule has 2 heterocycles. The molecule has 0 fully saturated rings. The van der Waals surface area contributed by atoms with Crippen molar-refractivity contribution in [3.05, 3.63) is 40.8 Å². The molecular formula is C11H12ClN5O. The van der Waals surface area contributed by atoms with E-state index in [1.165, 1.54) is 0 Å². The van der Waals surface area contributed by atoms with Crippen molar-refractivity contribution in [2.24, 2.45) is 0 Å². The summed E-state index contributed by atoms with van der Waals surface area (Å²) in [5, 5.41) is 9.53. The summed E-state index contributed by atoms with van der Waals surface area (Å²) in [7, 11) is 0. The highest BCUT2D eigenvalue weighted by molar-refractivity contribution is 6.33. The van der Waals surface area contributed by atoms with E-state index in [2.05, 4.69) is 20.5 Å². The number of aromatic nitrogens is 3. The monoisotopic (exact) mass is 265 g/mol. The number of aromatic amines is 1. The second kappa shape index (κ2) is 5.05. The lowest BCUT2D eigenvalue weighted by Gasteiger charge is -2.12. The van der Waals surface area contributed by atoms with Gasteiger partial charge in [-0.1, -0.05) is 11.6 Å². The van der Waals surface area contributed by atoms with Gasteiger partial charge >= 0.3 is 0 Å². The fourth-order valence-electron chi connectivity index (χ4n) is 1.46. The minimum atomic E-state index is -0.374. The van der Waals surface area contributed by atoms with Crippen molar-refractivity contribution in [3.63, 3.8) is 0 Å². The molecule has 0 radical (unpaired) electrons. The van der Waals surface area contributed by atoms with Crippen LogP contribution in [-0.2, 0) is 0 Å². The standard InChI is InChI=1S/C11H12ClN5O/c1-6(7-4-14-15-5-7)16-11(18)10-8(12)2-3-9(13)17-10/h2-6H,1H3,(H2,13,17)(H,14,15)(H,16,18). The van der Waals surface area contributed by atoms with Crippen LogP contribution in [0.2, 0.25) is 5.02 Å². The maximum absolute atomic E-state index is 12.0. The van der Waals surface area contributed by atoms with Crippen molar-refractivity contribution in [2.75, 3.05) is 5.73 Å². The summed E-state index contributed by atoms with van der Waals surface area (Å²) < 4.78 is 0. The molecule has 0 aliphatic carbocycles. The first-order valence-corrected chi connectivity index (χ1v) is 5.67. The molecule has 0 saturated heterocycles. The number of carbonyl (C=O) groups excluding carboxylic acids is 1. The highest BCUT2D eigenvalue weighted by Crippen LogP contribution is 2.17. The summed E-state index contributed by atoms with van der Waals surface area (Å²) in [6.07, 6.45) is 3.35. The molecule has 1 unspecified atom stereocenters. The topological polar surface area (TPSA) is 96.7 Å². The maximum Gasteiger partial charge on any atom is 0.271 e. The van der Waals surface area contributed by atoms with Crippen LogP contribution in [0.25, 0.3) is 0 Å². The Hall–Kier alpha value is -2.08. The molecule has 4 N–H and O–H groups in total. The van der Waals surface area contributed by atoms with Crippen LogP contribution in [0.15, 0.2) is 24.5 Å². The fourth-order valence-corrected chi connectivity index (χ4v) is 1.65. The maximum atomic E-state index is 12.0. The summed E-state index contributed by atoms with van der Waals surface area (Å²) in [4.78, 5) is 15.9. The van der Waals surface area contributed by atoms with E-state index < -0.39 is 0 Å².